The van der Waals surface area contributed by atoms with Crippen LogP contribution in [0.1, 0.15) is 234 Å². The molecular weight excluding hydrogens is 1140 g/mol. The van der Waals surface area contributed by atoms with Crippen molar-refractivity contribution in [2.24, 2.45) is 70.3 Å². The highest BCUT2D eigenvalue weighted by Gasteiger charge is 2.45. The summed E-state index contributed by atoms with van der Waals surface area (Å²) in [6, 6.07) is -17.7. The molecule has 504 valence electrons. The summed E-state index contributed by atoms with van der Waals surface area (Å²) in [6.07, 6.45) is -32.1. The second-order valence-corrected chi connectivity index (χ2v) is 22.2. The van der Waals surface area contributed by atoms with Gasteiger partial charge in [0.05, 0.1) is 59.0 Å². The second kappa shape index (κ2) is 32.5. The number of carbonyl (C=O) groups excluding carboxylic acids is 3. The topological polar surface area (TPSA) is 222 Å². The molecule has 3 saturated heterocycles. The Morgan fingerprint density at radius 1 is 0.489 bits per heavy atom. The number of carbonyl (C=O) groups is 3. The molecule has 3 aromatic rings. The molecule has 0 spiro atoms. The molecule has 6 aliphatic rings. The summed E-state index contributed by atoms with van der Waals surface area (Å²) in [4.78, 5) is 41.1. The van der Waals surface area contributed by atoms with Crippen LogP contribution in [0.25, 0.3) is 0 Å². The van der Waals surface area contributed by atoms with Crippen LogP contribution in [-0.2, 0) is 47.9 Å². The molecule has 0 aromatic heterocycles. The fraction of sp³-hybridized carbons (Fsp3) is 0.708. The first-order valence-electron chi connectivity index (χ1n) is 51.3. The van der Waals surface area contributed by atoms with Crippen LogP contribution in [-0.4, -0.2) is 151 Å². The number of piperidine rings is 3. The highest BCUT2D eigenvalue weighted by atomic mass is 16.6. The number of rotatable bonds is 21. The maximum Gasteiger partial charge on any atom is 0.323 e. The summed E-state index contributed by atoms with van der Waals surface area (Å²) in [7, 11) is 2.52. The second-order valence-electron chi connectivity index (χ2n) is 22.2. The number of fused-ring (bicyclic) bond motifs is 9. The number of esters is 3. The minimum Gasteiger partial charge on any atom is -0.493 e. The van der Waals surface area contributed by atoms with Crippen molar-refractivity contribution in [3.8, 4) is 34.5 Å². The Hall–Kier alpha value is -5.37. The molecule has 3 fully saturated rings. The average Bonchev–Trinajstić information content (AvgIpc) is 0.660. The van der Waals surface area contributed by atoms with Gasteiger partial charge in [0, 0.05) is 139 Å². The normalized spacial score (nSPS) is 43.5. The zero-order valence-electron chi connectivity index (χ0n) is 97.9. The predicted molar refractivity (Wildman–Crippen MR) is 353 cm³/mol. The van der Waals surface area contributed by atoms with Crippen molar-refractivity contribution in [3.63, 3.8) is 0 Å². The van der Waals surface area contributed by atoms with Gasteiger partial charge < -0.3 is 59.8 Å². The first-order valence-corrected chi connectivity index (χ1v) is 28.8. The van der Waals surface area contributed by atoms with Crippen LogP contribution in [0, 0.1) is 53.1 Å². The van der Waals surface area contributed by atoms with E-state index >= 15 is 0 Å². The number of benzene rings is 3. The van der Waals surface area contributed by atoms with Gasteiger partial charge >= 0.3 is 17.9 Å². The maximum atomic E-state index is 13.3. The lowest BCUT2D eigenvalue weighted by Gasteiger charge is -2.47. The van der Waals surface area contributed by atoms with Crippen molar-refractivity contribution in [2.75, 3.05) is 81.7 Å². The highest BCUT2D eigenvalue weighted by molar-refractivity contribution is 5.77. The maximum absolute atomic E-state index is 13.3. The molecule has 12 unspecified atom stereocenters. The Morgan fingerprint density at radius 3 is 0.978 bits per heavy atom. The summed E-state index contributed by atoms with van der Waals surface area (Å²) in [5.41, 5.74) is 15.4. The monoisotopic (exact) mass is 1300 g/mol. The van der Waals surface area contributed by atoms with Crippen molar-refractivity contribution in [1.82, 2.24) is 14.7 Å². The third-order valence-corrected chi connectivity index (χ3v) is 14.4. The van der Waals surface area contributed by atoms with Crippen molar-refractivity contribution in [1.29, 1.82) is 0 Å². The van der Waals surface area contributed by atoms with Gasteiger partial charge in [0.1, 0.15) is 36.4 Å². The van der Waals surface area contributed by atoms with Crippen LogP contribution in [0.2, 0.25) is 0 Å². The Balaban J connectivity index is 0.000000276. The smallest absolute Gasteiger partial charge is 0.323 e. The van der Waals surface area contributed by atoms with Crippen LogP contribution < -0.4 is 45.6 Å². The van der Waals surface area contributed by atoms with Gasteiger partial charge in [-0.25, -0.2) is 0 Å². The Kier molecular flexibility index (Phi) is 11.6. The fourth-order valence-electron chi connectivity index (χ4n) is 9.42. The van der Waals surface area contributed by atoms with Gasteiger partial charge in [0.15, 0.2) is 34.5 Å². The largest absolute Gasteiger partial charge is 0.493 e. The molecule has 9 rings (SSSR count). The fourth-order valence-corrected chi connectivity index (χ4v) is 9.42. The minimum absolute atomic E-state index is 0.0872. The number of hydrogen-bond donors (Lipinski definition) is 3. The molecular formula is C72H114N6O12. The molecule has 90 heavy (non-hydrogen) atoms. The molecule has 3 aromatic carbocycles. The third kappa shape index (κ3) is 17.5. The van der Waals surface area contributed by atoms with Crippen molar-refractivity contribution in [3.05, 3.63) is 69.6 Å². The SMILES string of the molecule is [2H]c1c2c(c([2H])c(OC)c1OC([2H])([2H])[2H])C1([2H])N(CC2)C([2H])([2H])C([2H])(C([2H])([2H])C([2H])(C)C([2H])([2H])[2H])C(OC(=O)[C@@H](N)C(C)C)C1([2H])[2H].[2H]c1c2c(c([2H])c(OC)c1OC)C1([2H])N(CC2)C([2H])([2H])C([2H])(C([2H])([2H])C([2H])(C)C([2H])([2H])[2H])C(OC(=O)[C@@H](N)C(C)C)C1([2H])[2H].[2H]c1c2c(c([2H])c(OC)c1OC)C1([2H])N(CC2)C([2H])([2H])C([2H])(C([2H])([2H])C([2H])(C)C([2H])([2H])[2H])C(OC(=O)[C@@H](N)C(C)C)C1([2H])[2H]. The summed E-state index contributed by atoms with van der Waals surface area (Å²) in [5.74, 6) is -30.0. The molecule has 6 heterocycles. The van der Waals surface area contributed by atoms with Gasteiger partial charge in [-0.1, -0.05) is 82.9 Å². The van der Waals surface area contributed by atoms with Gasteiger partial charge in [-0.05, 0) is 143 Å². The van der Waals surface area contributed by atoms with Crippen molar-refractivity contribution < 1.29 is 119 Å². The number of hydrogen-bond acceptors (Lipinski definition) is 18. The van der Waals surface area contributed by atoms with E-state index in [1.807, 2.05) is 0 Å². The zero-order valence-corrected chi connectivity index (χ0v) is 52.9. The van der Waals surface area contributed by atoms with E-state index in [-0.39, 0.29) is 64.6 Å². The van der Waals surface area contributed by atoms with Crippen molar-refractivity contribution >= 4 is 17.9 Å². The number of nitrogens with two attached hydrogens (primary N) is 3. The number of ether oxygens (including phenoxy) is 9. The molecule has 6 N–H and O–H groups in total. The van der Waals surface area contributed by atoms with Crippen LogP contribution >= 0.6 is 0 Å². The van der Waals surface area contributed by atoms with Crippen molar-refractivity contribution in [2.45, 2.75) is 195 Å². The highest BCUT2D eigenvalue weighted by Crippen LogP contribution is 2.48. The Morgan fingerprint density at radius 2 is 0.744 bits per heavy atom. The lowest BCUT2D eigenvalue weighted by Crippen LogP contribution is -2.51. The van der Waals surface area contributed by atoms with E-state index in [2.05, 4.69) is 0 Å². The minimum atomic E-state index is -3.88. The third-order valence-electron chi connectivity index (χ3n) is 14.4. The standard InChI is InChI=1S/3C24H38N2O4/c3*1-14(2)9-17-13-26-8-7-16-10-21(28-5)22(29-6)11-18(16)19(26)12-20(17)30-24(27)23(25)15(3)4/h3*10-11,14-15,17,19-20,23H,7-9,12-13,25H2,1-6H3/t3*17?,19?,20?,23-/m000/s1/i1D3,5D3,9D2,10D,11D,12D2,13D2,14D,17D,19D;2*1D3,9D2,10D,11D,12D2,13D2,14D,17D,19D/t3*14?,17?,19?,20?,23-. The summed E-state index contributed by atoms with van der Waals surface area (Å²) >= 11 is 0. The van der Waals surface area contributed by atoms with E-state index < -0.39 is 289 Å². The molecule has 0 aliphatic carbocycles. The van der Waals surface area contributed by atoms with E-state index in [4.69, 9.17) is 96.8 Å². The predicted octanol–water partition coefficient (Wildman–Crippen LogP) is 10.7. The number of methoxy groups -OCH3 is 6. The van der Waals surface area contributed by atoms with Crippen LogP contribution in [0.5, 0.6) is 34.5 Å². The zero-order chi connectivity index (χ0) is 106. The molecule has 15 atom stereocenters. The molecule has 0 radical (unpaired) electrons. The molecule has 0 saturated carbocycles. The molecule has 18 nitrogen and oxygen atoms in total. The van der Waals surface area contributed by atoms with E-state index in [9.17, 15) is 39.1 Å². The van der Waals surface area contributed by atoms with Gasteiger partial charge in [-0.3, -0.25) is 29.1 Å². The van der Waals surface area contributed by atoms with Gasteiger partial charge in [0.25, 0.3) is 0 Å². The van der Waals surface area contributed by atoms with Crippen LogP contribution in [0.15, 0.2) is 36.3 Å². The Bertz CT molecular complexity index is 4820. The summed E-state index contributed by atoms with van der Waals surface area (Å²) < 4.78 is 440. The first-order chi connectivity index (χ1) is 60.2. The number of nitrogens with zero attached hydrogens (tertiary/aromatic N) is 3. The lowest BCUT2D eigenvalue weighted by atomic mass is 9.79. The van der Waals surface area contributed by atoms with Gasteiger partial charge in [-0.15, -0.1) is 0 Å². The molecule has 18 heteroatoms. The van der Waals surface area contributed by atoms with E-state index in [0.29, 0.717) is 35.5 Å². The van der Waals surface area contributed by atoms with Crippen LogP contribution in [0.3, 0.4) is 0 Å². The summed E-state index contributed by atoms with van der Waals surface area (Å²) in [6.45, 7) is -12.5. The first kappa shape index (κ1) is 32.2. The quantitative estimate of drug-likeness (QED) is 0.0666. The van der Waals surface area contributed by atoms with Gasteiger partial charge in [0.2, 0.25) is 0 Å². The van der Waals surface area contributed by atoms with E-state index in [1.54, 1.807) is 0 Å². The Labute approximate surface area is 602 Å². The molecule has 0 amide bonds. The van der Waals surface area contributed by atoms with Crippen LogP contribution in [0.4, 0.5) is 0 Å². The lowest BCUT2D eigenvalue weighted by molar-refractivity contribution is -0.161. The average molecular weight is 1300 g/mol. The van der Waals surface area contributed by atoms with E-state index in [1.165, 1.54) is 55.8 Å². The van der Waals surface area contributed by atoms with Gasteiger partial charge in [-0.2, -0.15) is 0 Å². The van der Waals surface area contributed by atoms with E-state index in [0.717, 1.165) is 21.3 Å². The summed E-state index contributed by atoms with van der Waals surface area (Å²) in [5, 5.41) is 0. The molecule has 6 aliphatic heterocycles. The molecule has 0 bridgehead atoms.